The maximum atomic E-state index is 17.6. The van der Waals surface area contributed by atoms with Gasteiger partial charge in [0.15, 0.2) is 23.3 Å². The van der Waals surface area contributed by atoms with E-state index in [0.717, 1.165) is 18.2 Å². The Morgan fingerprint density at radius 2 is 1.80 bits per heavy atom. The van der Waals surface area contributed by atoms with E-state index in [2.05, 4.69) is 0 Å². The van der Waals surface area contributed by atoms with Crippen LogP contribution in [0.5, 0.6) is 0 Å². The Morgan fingerprint density at radius 1 is 1.11 bits per heavy atom. The van der Waals surface area contributed by atoms with Crippen molar-refractivity contribution < 1.29 is 46.5 Å². The lowest BCUT2D eigenvalue weighted by Crippen LogP contribution is -2.70. The van der Waals surface area contributed by atoms with Crippen molar-refractivity contribution in [2.24, 2.45) is 22.7 Å². The molecule has 44 heavy (non-hydrogen) atoms. The molecule has 1 heterocycles. The highest BCUT2D eigenvalue weighted by Gasteiger charge is 2.80. The third-order valence-corrected chi connectivity index (χ3v) is 11.5. The summed E-state index contributed by atoms with van der Waals surface area (Å²) in [5.74, 6) is -4.15. The van der Waals surface area contributed by atoms with Crippen molar-refractivity contribution in [2.75, 3.05) is 14.1 Å². The Morgan fingerprint density at radius 3 is 2.43 bits per heavy atom. The third-order valence-electron chi connectivity index (χ3n) is 10.4. The van der Waals surface area contributed by atoms with E-state index in [0.29, 0.717) is 17.8 Å². The van der Waals surface area contributed by atoms with Crippen molar-refractivity contribution in [2.45, 2.75) is 82.9 Å². The number of halogens is 4. The Hall–Kier alpha value is -2.54. The maximum absolute atomic E-state index is 17.6. The molecule has 4 aliphatic carbocycles. The molecule has 5 aliphatic rings. The van der Waals surface area contributed by atoms with Gasteiger partial charge in [-0.2, -0.15) is 0 Å². The lowest BCUT2D eigenvalue weighted by atomic mass is 9.44. The van der Waals surface area contributed by atoms with E-state index in [4.69, 9.17) is 9.47 Å². The van der Waals surface area contributed by atoms with Gasteiger partial charge in [-0.25, -0.2) is 17.6 Å². The summed E-state index contributed by atoms with van der Waals surface area (Å²) in [6.07, 6.45) is -3.10. The number of alkyl halides is 2. The first-order valence-electron chi connectivity index (χ1n) is 14.8. The monoisotopic (exact) mass is 639 g/mol. The quantitative estimate of drug-likeness (QED) is 0.396. The number of aliphatic hydroxyl groups excluding tert-OH is 1. The summed E-state index contributed by atoms with van der Waals surface area (Å²) >= 11 is 0.360. The summed E-state index contributed by atoms with van der Waals surface area (Å²) in [4.78, 5) is 40.1. The molecule has 7 nitrogen and oxygen atoms in total. The van der Waals surface area contributed by atoms with Gasteiger partial charge in [-0.1, -0.05) is 26.8 Å². The van der Waals surface area contributed by atoms with Gasteiger partial charge in [0.05, 0.1) is 12.2 Å². The minimum atomic E-state index is -2.40. The Labute approximate surface area is 258 Å². The first kappa shape index (κ1) is 32.8. The number of thioether (sulfide) groups is 1. The highest BCUT2D eigenvalue weighted by molar-refractivity contribution is 8.26. The molecule has 1 saturated heterocycles. The number of ether oxygens (including phenoxy) is 2. The van der Waals surface area contributed by atoms with E-state index in [9.17, 15) is 28.3 Å². The first-order valence-corrected chi connectivity index (χ1v) is 15.6. The third kappa shape index (κ3) is 4.30. The standard InChI is InChI=1S/C30H31F4NO6S.C2H6/c1-27-8-7-15(36)10-19(27)21(33)11-18-17-12-23-30(25(38)42-26(39)35(3)4,28(17,2)13-22(37)29(18,27)34)41-24(40-23)16-6-5-14(31)9-20(16)32;1-2/h5-10,17-18,21-24,37H,11-13H2,1-4H3;1-2H3/t17?,18-,21-,22-,23+,24?,27-,28-,29-,30-;/m0./s1. The Balaban J connectivity index is 0.00000188. The topological polar surface area (TPSA) is 93.1 Å². The summed E-state index contributed by atoms with van der Waals surface area (Å²) in [5, 5.41) is 10.3. The predicted octanol–water partition coefficient (Wildman–Crippen LogP) is 6.01. The van der Waals surface area contributed by atoms with Gasteiger partial charge in [0, 0.05) is 54.2 Å². The summed E-state index contributed by atoms with van der Waals surface area (Å²) < 4.78 is 74.3. The number of aliphatic hydroxyl groups is 1. The normalized spacial score (nSPS) is 41.8. The fraction of sp³-hybridized carbons (Fsp3) is 0.594. The van der Waals surface area contributed by atoms with E-state index in [1.165, 1.54) is 38.1 Å². The van der Waals surface area contributed by atoms with Gasteiger partial charge in [0.25, 0.3) is 5.24 Å². The van der Waals surface area contributed by atoms with Crippen LogP contribution in [0.3, 0.4) is 0 Å². The van der Waals surface area contributed by atoms with Crippen LogP contribution in [-0.2, 0) is 19.1 Å². The molecule has 1 aromatic carbocycles. The minimum absolute atomic E-state index is 0.00812. The molecule has 0 radical (unpaired) electrons. The predicted molar refractivity (Wildman–Crippen MR) is 155 cm³/mol. The van der Waals surface area contributed by atoms with Crippen LogP contribution < -0.4 is 0 Å². The van der Waals surface area contributed by atoms with Crippen molar-refractivity contribution >= 4 is 27.9 Å². The van der Waals surface area contributed by atoms with Crippen LogP contribution in [0.1, 0.15) is 58.8 Å². The van der Waals surface area contributed by atoms with Gasteiger partial charge in [-0.3, -0.25) is 14.4 Å². The van der Waals surface area contributed by atoms with Crippen LogP contribution in [0, 0.1) is 34.3 Å². The van der Waals surface area contributed by atoms with Crippen molar-refractivity contribution in [3.8, 4) is 0 Å². The fourth-order valence-corrected chi connectivity index (χ4v) is 9.28. The highest BCUT2D eigenvalue weighted by atomic mass is 32.2. The number of nitrogens with zero attached hydrogens (tertiary/aromatic N) is 1. The summed E-state index contributed by atoms with van der Waals surface area (Å²) in [6, 6.07) is 2.80. The fourth-order valence-electron chi connectivity index (χ4n) is 8.38. The van der Waals surface area contributed by atoms with Crippen LogP contribution in [-0.4, -0.2) is 69.9 Å². The molecule has 1 amide bonds. The Bertz CT molecular complexity index is 1450. The first-order chi connectivity index (χ1) is 20.6. The van der Waals surface area contributed by atoms with E-state index < -0.39 is 86.4 Å². The molecule has 1 aliphatic heterocycles. The Kier molecular flexibility index (Phi) is 8.26. The smallest absolute Gasteiger partial charge is 0.288 e. The summed E-state index contributed by atoms with van der Waals surface area (Å²) in [7, 11) is 2.91. The molecular formula is C32H37F4NO6S. The van der Waals surface area contributed by atoms with Gasteiger partial charge < -0.3 is 19.5 Å². The van der Waals surface area contributed by atoms with E-state index in [-0.39, 0.29) is 30.4 Å². The van der Waals surface area contributed by atoms with Crippen molar-refractivity contribution in [3.05, 3.63) is 59.2 Å². The number of amides is 1. The molecule has 0 aromatic heterocycles. The maximum Gasteiger partial charge on any atom is 0.288 e. The number of carbonyl (C=O) groups is 3. The summed E-state index contributed by atoms with van der Waals surface area (Å²) in [6.45, 7) is 7.10. The number of benzene rings is 1. The SMILES string of the molecule is CC.CN(C)C(=O)SC(=O)[C@@]12OC(c3ccc(F)cc3F)O[C@@H]1CC1[C@@H]3C[C@H](F)C4=CC(=O)C=C[C@]4(C)[C@@]3(F)[C@@H](O)C[C@@]12C. The molecule has 6 rings (SSSR count). The lowest BCUT2D eigenvalue weighted by molar-refractivity contribution is -0.232. The summed E-state index contributed by atoms with van der Waals surface area (Å²) in [5.41, 5.74) is -7.57. The molecule has 10 atom stereocenters. The van der Waals surface area contributed by atoms with Crippen molar-refractivity contribution in [3.63, 3.8) is 0 Å². The zero-order valence-corrected chi connectivity index (χ0v) is 26.2. The number of hydrogen-bond acceptors (Lipinski definition) is 7. The average molecular weight is 640 g/mol. The van der Waals surface area contributed by atoms with Crippen LogP contribution in [0.2, 0.25) is 0 Å². The molecule has 12 heteroatoms. The molecule has 1 N–H and O–H groups in total. The number of allylic oxidation sites excluding steroid dienone is 4. The zero-order valence-electron chi connectivity index (χ0n) is 25.4. The molecule has 0 spiro atoms. The van der Waals surface area contributed by atoms with Gasteiger partial charge in [0.1, 0.15) is 17.8 Å². The molecule has 4 fully saturated rings. The van der Waals surface area contributed by atoms with E-state index in [1.54, 1.807) is 6.92 Å². The number of rotatable bonds is 2. The van der Waals surface area contributed by atoms with Crippen LogP contribution in [0.4, 0.5) is 22.4 Å². The minimum Gasteiger partial charge on any atom is -0.390 e. The van der Waals surface area contributed by atoms with Crippen molar-refractivity contribution in [1.29, 1.82) is 0 Å². The largest absolute Gasteiger partial charge is 0.390 e. The molecule has 240 valence electrons. The molecular weight excluding hydrogens is 602 g/mol. The van der Waals surface area contributed by atoms with Gasteiger partial charge in [-0.05, 0) is 62.0 Å². The van der Waals surface area contributed by atoms with Gasteiger partial charge >= 0.3 is 0 Å². The van der Waals surface area contributed by atoms with Crippen LogP contribution in [0.25, 0.3) is 0 Å². The second kappa shape index (κ2) is 11.1. The second-order valence-electron chi connectivity index (χ2n) is 12.6. The van der Waals surface area contributed by atoms with Crippen molar-refractivity contribution in [1.82, 2.24) is 4.90 Å². The highest BCUT2D eigenvalue weighted by Crippen LogP contribution is 2.73. The number of fused-ring (bicyclic) bond motifs is 7. The van der Waals surface area contributed by atoms with E-state index in [1.807, 2.05) is 13.8 Å². The number of carbonyl (C=O) groups excluding carboxylic acids is 3. The number of hydrogen-bond donors (Lipinski definition) is 1. The van der Waals surface area contributed by atoms with Gasteiger partial charge in [0.2, 0.25) is 5.12 Å². The molecule has 2 unspecified atom stereocenters. The second-order valence-corrected chi connectivity index (χ2v) is 13.5. The molecule has 3 saturated carbocycles. The zero-order chi connectivity index (χ0) is 32.6. The average Bonchev–Trinajstić information content (AvgIpc) is 3.45. The van der Waals surface area contributed by atoms with Crippen LogP contribution >= 0.6 is 11.8 Å². The van der Waals surface area contributed by atoms with Crippen LogP contribution in [0.15, 0.2) is 42.0 Å². The van der Waals surface area contributed by atoms with Gasteiger partial charge in [-0.15, -0.1) is 0 Å². The molecule has 1 aromatic rings. The lowest BCUT2D eigenvalue weighted by Gasteiger charge is -2.63. The van der Waals surface area contributed by atoms with E-state index >= 15 is 8.78 Å². The molecule has 0 bridgehead atoms. The number of ketones is 1.